The standard InChI is InChI=1S/C17H25N3/c1-3-20-12(2)19-16-10-14(8-9-17(16)20)15(11-18)13-6-4-5-7-13/h8-10,13,15H,3-7,11,18H2,1-2H3. The molecule has 108 valence electrons. The van der Waals surface area contributed by atoms with Gasteiger partial charge < -0.3 is 10.3 Å². The first-order valence-electron chi connectivity index (χ1n) is 7.91. The molecule has 0 saturated heterocycles. The third kappa shape index (κ3) is 2.24. The Morgan fingerprint density at radius 1 is 1.35 bits per heavy atom. The third-order valence-corrected chi connectivity index (χ3v) is 4.93. The Bertz CT molecular complexity index is 594. The molecule has 1 unspecified atom stereocenters. The first kappa shape index (κ1) is 13.6. The minimum atomic E-state index is 0.508. The van der Waals surface area contributed by atoms with Crippen molar-refractivity contribution < 1.29 is 0 Å². The number of aromatic nitrogens is 2. The van der Waals surface area contributed by atoms with Crippen LogP contribution >= 0.6 is 0 Å². The molecule has 2 aromatic rings. The molecule has 1 atom stereocenters. The smallest absolute Gasteiger partial charge is 0.106 e. The van der Waals surface area contributed by atoms with Gasteiger partial charge in [0.1, 0.15) is 5.82 Å². The molecule has 0 bridgehead atoms. The second-order valence-electron chi connectivity index (χ2n) is 6.04. The van der Waals surface area contributed by atoms with E-state index in [-0.39, 0.29) is 0 Å². The van der Waals surface area contributed by atoms with Crippen LogP contribution in [0.5, 0.6) is 0 Å². The molecule has 1 aromatic carbocycles. The predicted octanol–water partition coefficient (Wildman–Crippen LogP) is 3.60. The SMILES string of the molecule is CCn1c(C)nc2cc(C(CN)C3CCCC3)ccc21. The zero-order chi connectivity index (χ0) is 14.1. The number of hydrogen-bond acceptors (Lipinski definition) is 2. The highest BCUT2D eigenvalue weighted by atomic mass is 15.1. The van der Waals surface area contributed by atoms with Crippen LogP contribution in [0.4, 0.5) is 0 Å². The maximum absolute atomic E-state index is 6.06. The molecule has 1 aliphatic carbocycles. The Morgan fingerprint density at radius 3 is 2.75 bits per heavy atom. The van der Waals surface area contributed by atoms with Gasteiger partial charge in [0, 0.05) is 6.54 Å². The first-order chi connectivity index (χ1) is 9.74. The van der Waals surface area contributed by atoms with Crippen molar-refractivity contribution >= 4 is 11.0 Å². The van der Waals surface area contributed by atoms with Crippen LogP contribution in [0, 0.1) is 12.8 Å². The second-order valence-corrected chi connectivity index (χ2v) is 6.04. The zero-order valence-corrected chi connectivity index (χ0v) is 12.6. The molecule has 0 amide bonds. The van der Waals surface area contributed by atoms with Gasteiger partial charge in [-0.1, -0.05) is 18.9 Å². The van der Waals surface area contributed by atoms with Gasteiger partial charge in [-0.25, -0.2) is 4.98 Å². The summed E-state index contributed by atoms with van der Waals surface area (Å²) < 4.78 is 2.27. The second kappa shape index (κ2) is 5.57. The fourth-order valence-corrected chi connectivity index (χ4v) is 3.86. The van der Waals surface area contributed by atoms with Gasteiger partial charge in [-0.05, 0) is 62.8 Å². The summed E-state index contributed by atoms with van der Waals surface area (Å²) in [5, 5.41) is 0. The normalized spacial score (nSPS) is 17.9. The van der Waals surface area contributed by atoms with E-state index < -0.39 is 0 Å². The highest BCUT2D eigenvalue weighted by molar-refractivity contribution is 5.77. The predicted molar refractivity (Wildman–Crippen MR) is 83.9 cm³/mol. The van der Waals surface area contributed by atoms with E-state index in [1.165, 1.54) is 36.8 Å². The summed E-state index contributed by atoms with van der Waals surface area (Å²) in [4.78, 5) is 4.71. The van der Waals surface area contributed by atoms with Crippen LogP contribution in [-0.4, -0.2) is 16.1 Å². The van der Waals surface area contributed by atoms with Crippen molar-refractivity contribution in [3.8, 4) is 0 Å². The number of imidazole rings is 1. The Hall–Kier alpha value is -1.35. The topological polar surface area (TPSA) is 43.8 Å². The Kier molecular flexibility index (Phi) is 3.79. The van der Waals surface area contributed by atoms with E-state index in [2.05, 4.69) is 36.6 Å². The van der Waals surface area contributed by atoms with Crippen LogP contribution in [-0.2, 0) is 6.54 Å². The van der Waals surface area contributed by atoms with E-state index >= 15 is 0 Å². The molecule has 0 radical (unpaired) electrons. The minimum Gasteiger partial charge on any atom is -0.330 e. The summed E-state index contributed by atoms with van der Waals surface area (Å²) in [5.41, 5.74) is 9.82. The molecule has 20 heavy (non-hydrogen) atoms. The number of nitrogens with zero attached hydrogens (tertiary/aromatic N) is 2. The van der Waals surface area contributed by atoms with E-state index in [0.717, 1.165) is 30.3 Å². The maximum atomic E-state index is 6.06. The van der Waals surface area contributed by atoms with Crippen LogP contribution in [0.2, 0.25) is 0 Å². The Balaban J connectivity index is 1.99. The number of benzene rings is 1. The van der Waals surface area contributed by atoms with Gasteiger partial charge >= 0.3 is 0 Å². The van der Waals surface area contributed by atoms with E-state index in [1.54, 1.807) is 0 Å². The van der Waals surface area contributed by atoms with Gasteiger partial charge in [-0.3, -0.25) is 0 Å². The highest BCUT2D eigenvalue weighted by Gasteiger charge is 2.25. The van der Waals surface area contributed by atoms with Gasteiger partial charge in [0.05, 0.1) is 11.0 Å². The molecule has 1 fully saturated rings. The van der Waals surface area contributed by atoms with Crippen LogP contribution < -0.4 is 5.73 Å². The summed E-state index contributed by atoms with van der Waals surface area (Å²) in [6.07, 6.45) is 5.41. The van der Waals surface area contributed by atoms with Crippen molar-refractivity contribution in [2.75, 3.05) is 6.54 Å². The molecule has 3 rings (SSSR count). The van der Waals surface area contributed by atoms with E-state index in [1.807, 2.05) is 0 Å². The quantitative estimate of drug-likeness (QED) is 0.923. The van der Waals surface area contributed by atoms with Gasteiger partial charge in [-0.2, -0.15) is 0 Å². The van der Waals surface area contributed by atoms with Gasteiger partial charge in [-0.15, -0.1) is 0 Å². The molecule has 2 N–H and O–H groups in total. The average Bonchev–Trinajstić information content (AvgIpc) is 3.06. The molecule has 1 heterocycles. The van der Waals surface area contributed by atoms with Crippen LogP contribution in [0.3, 0.4) is 0 Å². The highest BCUT2D eigenvalue weighted by Crippen LogP contribution is 2.37. The van der Waals surface area contributed by atoms with E-state index in [0.29, 0.717) is 5.92 Å². The molecule has 1 aromatic heterocycles. The molecular formula is C17H25N3. The lowest BCUT2D eigenvalue weighted by atomic mass is 9.85. The average molecular weight is 271 g/mol. The molecule has 0 spiro atoms. The zero-order valence-electron chi connectivity index (χ0n) is 12.6. The maximum Gasteiger partial charge on any atom is 0.106 e. The van der Waals surface area contributed by atoms with Crippen molar-refractivity contribution in [3.63, 3.8) is 0 Å². The van der Waals surface area contributed by atoms with E-state index in [9.17, 15) is 0 Å². The van der Waals surface area contributed by atoms with Gasteiger partial charge in [0.15, 0.2) is 0 Å². The third-order valence-electron chi connectivity index (χ3n) is 4.93. The summed E-state index contributed by atoms with van der Waals surface area (Å²) >= 11 is 0. The van der Waals surface area contributed by atoms with Gasteiger partial charge in [0.25, 0.3) is 0 Å². The summed E-state index contributed by atoms with van der Waals surface area (Å²) in [6, 6.07) is 6.77. The number of fused-ring (bicyclic) bond motifs is 1. The van der Waals surface area contributed by atoms with Crippen molar-refractivity contribution in [2.45, 2.75) is 52.0 Å². The van der Waals surface area contributed by atoms with Crippen molar-refractivity contribution in [3.05, 3.63) is 29.6 Å². The van der Waals surface area contributed by atoms with Gasteiger partial charge in [0.2, 0.25) is 0 Å². The Labute approximate surface area is 121 Å². The fraction of sp³-hybridized carbons (Fsp3) is 0.588. The summed E-state index contributed by atoms with van der Waals surface area (Å²) in [7, 11) is 0. The number of rotatable bonds is 4. The molecule has 1 saturated carbocycles. The largest absolute Gasteiger partial charge is 0.330 e. The number of aryl methyl sites for hydroxylation is 2. The first-order valence-corrected chi connectivity index (χ1v) is 7.91. The Morgan fingerprint density at radius 2 is 2.10 bits per heavy atom. The molecular weight excluding hydrogens is 246 g/mol. The lowest BCUT2D eigenvalue weighted by Crippen LogP contribution is -2.19. The van der Waals surface area contributed by atoms with Crippen LogP contribution in [0.1, 0.15) is 49.9 Å². The number of nitrogens with two attached hydrogens (primary N) is 1. The molecule has 3 heteroatoms. The molecule has 1 aliphatic rings. The summed E-state index contributed by atoms with van der Waals surface area (Å²) in [6.45, 7) is 5.98. The van der Waals surface area contributed by atoms with Crippen molar-refractivity contribution in [1.29, 1.82) is 0 Å². The van der Waals surface area contributed by atoms with Crippen molar-refractivity contribution in [1.82, 2.24) is 9.55 Å². The van der Waals surface area contributed by atoms with Crippen LogP contribution in [0.25, 0.3) is 11.0 Å². The lowest BCUT2D eigenvalue weighted by molar-refractivity contribution is 0.440. The van der Waals surface area contributed by atoms with Crippen molar-refractivity contribution in [2.24, 2.45) is 11.7 Å². The van der Waals surface area contributed by atoms with Crippen LogP contribution in [0.15, 0.2) is 18.2 Å². The number of hydrogen-bond donors (Lipinski definition) is 1. The lowest BCUT2D eigenvalue weighted by Gasteiger charge is -2.22. The fourth-order valence-electron chi connectivity index (χ4n) is 3.86. The minimum absolute atomic E-state index is 0.508. The summed E-state index contributed by atoms with van der Waals surface area (Å²) in [5.74, 6) is 2.38. The molecule has 0 aliphatic heterocycles. The monoisotopic (exact) mass is 271 g/mol. The van der Waals surface area contributed by atoms with E-state index in [4.69, 9.17) is 10.7 Å². The molecule has 3 nitrogen and oxygen atoms in total.